The molecule has 0 aliphatic heterocycles. The van der Waals surface area contributed by atoms with Crippen molar-refractivity contribution in [2.75, 3.05) is 0 Å². The maximum Gasteiger partial charge on any atom is 0.222 e. The van der Waals surface area contributed by atoms with Crippen LogP contribution < -0.4 is 11.1 Å². The Kier molecular flexibility index (Phi) is 7.76. The minimum Gasteiger partial charge on any atom is -0.353 e. The van der Waals surface area contributed by atoms with Crippen LogP contribution >= 0.6 is 12.4 Å². The number of amides is 1. The zero-order valence-electron chi connectivity index (χ0n) is 12.8. The highest BCUT2D eigenvalue weighted by Gasteiger charge is 2.22. The van der Waals surface area contributed by atoms with Gasteiger partial charge in [0.05, 0.1) is 0 Å². The summed E-state index contributed by atoms with van der Waals surface area (Å²) in [6.07, 6.45) is 6.37. The van der Waals surface area contributed by atoms with Crippen LogP contribution in [0.4, 0.5) is 0 Å². The van der Waals surface area contributed by atoms with Crippen molar-refractivity contribution in [3.05, 3.63) is 35.9 Å². The minimum absolute atomic E-state index is 0. The summed E-state index contributed by atoms with van der Waals surface area (Å²) in [4.78, 5) is 12.1. The number of nitrogens with one attached hydrogen (secondary N) is 1. The first kappa shape index (κ1) is 18.0. The summed E-state index contributed by atoms with van der Waals surface area (Å²) in [7, 11) is 0. The third kappa shape index (κ3) is 5.68. The molecule has 1 amide bonds. The van der Waals surface area contributed by atoms with E-state index in [9.17, 15) is 4.79 Å². The van der Waals surface area contributed by atoms with E-state index >= 15 is 0 Å². The quantitative estimate of drug-likeness (QED) is 0.873. The summed E-state index contributed by atoms with van der Waals surface area (Å²) in [5.41, 5.74) is 7.12. The third-order valence-corrected chi connectivity index (χ3v) is 4.36. The first-order valence-corrected chi connectivity index (χ1v) is 7.79. The van der Waals surface area contributed by atoms with Gasteiger partial charge in [0, 0.05) is 18.5 Å². The van der Waals surface area contributed by atoms with Gasteiger partial charge in [0.1, 0.15) is 0 Å². The van der Waals surface area contributed by atoms with Gasteiger partial charge in [-0.2, -0.15) is 0 Å². The summed E-state index contributed by atoms with van der Waals surface area (Å²) >= 11 is 0. The van der Waals surface area contributed by atoms with E-state index in [1.165, 1.54) is 19.3 Å². The summed E-state index contributed by atoms with van der Waals surface area (Å²) in [5.74, 6) is 0.861. The molecule has 4 heteroatoms. The second kappa shape index (κ2) is 9.06. The van der Waals surface area contributed by atoms with Gasteiger partial charge in [-0.25, -0.2) is 0 Å². The number of carbonyl (C=O) groups is 1. The third-order valence-electron chi connectivity index (χ3n) is 4.36. The molecular weight excluding hydrogens is 284 g/mol. The molecular formula is C17H27ClN2O. The summed E-state index contributed by atoms with van der Waals surface area (Å²) in [6.45, 7) is 2.24. The van der Waals surface area contributed by atoms with Crippen LogP contribution in [0.5, 0.6) is 0 Å². The molecule has 21 heavy (non-hydrogen) atoms. The molecule has 1 aliphatic carbocycles. The lowest BCUT2D eigenvalue weighted by molar-refractivity contribution is -0.122. The number of hydrogen-bond donors (Lipinski definition) is 2. The zero-order chi connectivity index (χ0) is 14.4. The fourth-order valence-electron chi connectivity index (χ4n) is 3.10. The number of halogens is 1. The molecule has 3 unspecified atom stereocenters. The average Bonchev–Trinajstić information content (AvgIpc) is 2.48. The number of hydrogen-bond acceptors (Lipinski definition) is 2. The van der Waals surface area contributed by atoms with Gasteiger partial charge in [0.15, 0.2) is 0 Å². The van der Waals surface area contributed by atoms with Crippen LogP contribution in [0.1, 0.15) is 57.1 Å². The van der Waals surface area contributed by atoms with E-state index in [2.05, 4.69) is 12.2 Å². The Morgan fingerprint density at radius 2 is 2.05 bits per heavy atom. The maximum atomic E-state index is 12.1. The van der Waals surface area contributed by atoms with Crippen LogP contribution in [0.3, 0.4) is 0 Å². The van der Waals surface area contributed by atoms with Gasteiger partial charge in [-0.05, 0) is 24.3 Å². The molecule has 0 radical (unpaired) electrons. The normalized spacial score (nSPS) is 23.0. The van der Waals surface area contributed by atoms with Crippen LogP contribution in [0.15, 0.2) is 30.3 Å². The van der Waals surface area contributed by atoms with E-state index in [-0.39, 0.29) is 24.4 Å². The van der Waals surface area contributed by atoms with Gasteiger partial charge in [-0.3, -0.25) is 4.79 Å². The first-order valence-electron chi connectivity index (χ1n) is 7.79. The molecule has 1 aromatic carbocycles. The topological polar surface area (TPSA) is 55.1 Å². The Morgan fingerprint density at radius 3 is 2.71 bits per heavy atom. The Labute approximate surface area is 134 Å². The fraction of sp³-hybridized carbons (Fsp3) is 0.588. The van der Waals surface area contributed by atoms with Crippen molar-refractivity contribution in [2.45, 2.75) is 57.5 Å². The van der Waals surface area contributed by atoms with Gasteiger partial charge in [0.25, 0.3) is 0 Å². The lowest BCUT2D eigenvalue weighted by atomic mass is 9.84. The number of rotatable bonds is 5. The molecule has 0 saturated heterocycles. The molecule has 0 heterocycles. The molecule has 1 aliphatic rings. The molecule has 1 aromatic rings. The SMILES string of the molecule is CCC1CCCC(NC(=O)CC(N)c2ccccc2)C1.Cl. The van der Waals surface area contributed by atoms with E-state index < -0.39 is 0 Å². The van der Waals surface area contributed by atoms with E-state index in [0.717, 1.165) is 24.3 Å². The first-order chi connectivity index (χ1) is 9.69. The van der Waals surface area contributed by atoms with Gasteiger partial charge < -0.3 is 11.1 Å². The van der Waals surface area contributed by atoms with Crippen molar-refractivity contribution in [1.29, 1.82) is 0 Å². The molecule has 1 saturated carbocycles. The van der Waals surface area contributed by atoms with Gasteiger partial charge in [0.2, 0.25) is 5.91 Å². The van der Waals surface area contributed by atoms with Crippen LogP contribution in [0.25, 0.3) is 0 Å². The van der Waals surface area contributed by atoms with Crippen molar-refractivity contribution in [3.63, 3.8) is 0 Å². The van der Waals surface area contributed by atoms with Crippen LogP contribution in [0, 0.1) is 5.92 Å². The fourth-order valence-corrected chi connectivity index (χ4v) is 3.10. The average molecular weight is 311 g/mol. The molecule has 0 spiro atoms. The summed E-state index contributed by atoms with van der Waals surface area (Å²) in [6, 6.07) is 9.98. The maximum absolute atomic E-state index is 12.1. The van der Waals surface area contributed by atoms with E-state index in [4.69, 9.17) is 5.73 Å². The molecule has 3 atom stereocenters. The molecule has 2 rings (SSSR count). The predicted molar refractivity (Wildman–Crippen MR) is 89.4 cm³/mol. The molecule has 0 aromatic heterocycles. The minimum atomic E-state index is -0.207. The Morgan fingerprint density at radius 1 is 1.33 bits per heavy atom. The summed E-state index contributed by atoms with van der Waals surface area (Å²) < 4.78 is 0. The number of nitrogens with two attached hydrogens (primary N) is 1. The molecule has 1 fully saturated rings. The lowest BCUT2D eigenvalue weighted by Gasteiger charge is -2.29. The van der Waals surface area contributed by atoms with Gasteiger partial charge in [-0.1, -0.05) is 56.5 Å². The number of carbonyl (C=O) groups excluding carboxylic acids is 1. The summed E-state index contributed by atoms with van der Waals surface area (Å²) in [5, 5.41) is 3.16. The Bertz CT molecular complexity index is 424. The Balaban J connectivity index is 0.00000220. The molecule has 3 N–H and O–H groups in total. The smallest absolute Gasteiger partial charge is 0.222 e. The van der Waals surface area contributed by atoms with Crippen molar-refractivity contribution in [1.82, 2.24) is 5.32 Å². The largest absolute Gasteiger partial charge is 0.353 e. The standard InChI is InChI=1S/C17H26N2O.ClH/c1-2-13-7-6-10-15(11-13)19-17(20)12-16(18)14-8-4-3-5-9-14;/h3-5,8-9,13,15-16H,2,6-7,10-12,18H2,1H3,(H,19,20);1H. The van der Waals surface area contributed by atoms with Crippen LogP contribution in [-0.4, -0.2) is 11.9 Å². The van der Waals surface area contributed by atoms with Crippen LogP contribution in [0.2, 0.25) is 0 Å². The van der Waals surface area contributed by atoms with Gasteiger partial charge in [-0.15, -0.1) is 12.4 Å². The highest BCUT2D eigenvalue weighted by atomic mass is 35.5. The van der Waals surface area contributed by atoms with E-state index in [1.54, 1.807) is 0 Å². The van der Waals surface area contributed by atoms with Crippen LogP contribution in [-0.2, 0) is 4.79 Å². The van der Waals surface area contributed by atoms with E-state index in [1.807, 2.05) is 30.3 Å². The second-order valence-electron chi connectivity index (χ2n) is 5.93. The molecule has 0 bridgehead atoms. The van der Waals surface area contributed by atoms with Crippen molar-refractivity contribution in [2.24, 2.45) is 11.7 Å². The van der Waals surface area contributed by atoms with Crippen molar-refractivity contribution < 1.29 is 4.79 Å². The predicted octanol–water partition coefficient (Wildman–Crippen LogP) is 3.58. The monoisotopic (exact) mass is 310 g/mol. The van der Waals surface area contributed by atoms with Crippen molar-refractivity contribution in [3.8, 4) is 0 Å². The van der Waals surface area contributed by atoms with Gasteiger partial charge >= 0.3 is 0 Å². The zero-order valence-corrected chi connectivity index (χ0v) is 13.6. The lowest BCUT2D eigenvalue weighted by Crippen LogP contribution is -2.39. The molecule has 118 valence electrons. The Hall–Kier alpha value is -1.06. The highest BCUT2D eigenvalue weighted by molar-refractivity contribution is 5.85. The number of benzene rings is 1. The second-order valence-corrected chi connectivity index (χ2v) is 5.93. The highest BCUT2D eigenvalue weighted by Crippen LogP contribution is 2.26. The molecule has 3 nitrogen and oxygen atoms in total. The van der Waals surface area contributed by atoms with Crippen molar-refractivity contribution >= 4 is 18.3 Å². The van der Waals surface area contributed by atoms with E-state index in [0.29, 0.717) is 12.5 Å².